The largest absolute Gasteiger partial charge is 0.493 e. The minimum atomic E-state index is -3.76. The van der Waals surface area contributed by atoms with Crippen molar-refractivity contribution < 1.29 is 22.7 Å². The molecule has 0 fully saturated rings. The summed E-state index contributed by atoms with van der Waals surface area (Å²) in [6.07, 6.45) is 1.51. The van der Waals surface area contributed by atoms with Crippen molar-refractivity contribution >= 4 is 50.5 Å². The van der Waals surface area contributed by atoms with Crippen LogP contribution in [0.15, 0.2) is 41.5 Å². The topological polar surface area (TPSA) is 97.3 Å². The first-order chi connectivity index (χ1) is 14.6. The zero-order chi connectivity index (χ0) is 23.2. The lowest BCUT2D eigenvalue weighted by molar-refractivity contribution is -0.119. The van der Waals surface area contributed by atoms with Crippen LogP contribution in [0.25, 0.3) is 0 Å². The molecular formula is C20H23Cl2N3O5S. The maximum atomic E-state index is 12.5. The Balaban J connectivity index is 2.23. The molecule has 0 heterocycles. The summed E-state index contributed by atoms with van der Waals surface area (Å²) in [5.41, 5.74) is 3.93. The van der Waals surface area contributed by atoms with Crippen molar-refractivity contribution in [2.75, 3.05) is 31.3 Å². The number of anilines is 1. The summed E-state index contributed by atoms with van der Waals surface area (Å²) in [4.78, 5) is 12.5. The Morgan fingerprint density at radius 1 is 1.06 bits per heavy atom. The molecule has 1 N–H and O–H groups in total. The molecule has 0 aromatic heterocycles. The number of benzene rings is 2. The first-order valence-corrected chi connectivity index (χ1v) is 11.7. The maximum Gasteiger partial charge on any atom is 0.260 e. The molecule has 0 saturated carbocycles. The fourth-order valence-electron chi connectivity index (χ4n) is 2.70. The number of hydrazone groups is 1. The Labute approximate surface area is 191 Å². The minimum Gasteiger partial charge on any atom is -0.493 e. The summed E-state index contributed by atoms with van der Waals surface area (Å²) in [6.45, 7) is 1.39. The number of halogens is 2. The van der Waals surface area contributed by atoms with Crippen molar-refractivity contribution in [3.05, 3.63) is 52.0 Å². The fraction of sp³-hybridized carbons (Fsp3) is 0.300. The normalized spacial score (nSPS) is 11.7. The van der Waals surface area contributed by atoms with E-state index in [-0.39, 0.29) is 15.7 Å². The molecule has 0 spiro atoms. The minimum absolute atomic E-state index is 0.174. The fourth-order valence-corrected chi connectivity index (χ4v) is 3.84. The number of amides is 1. The first-order valence-electron chi connectivity index (χ1n) is 9.11. The van der Waals surface area contributed by atoms with Gasteiger partial charge in [0.15, 0.2) is 11.5 Å². The third kappa shape index (κ3) is 6.49. The smallest absolute Gasteiger partial charge is 0.260 e. The third-order valence-corrected chi connectivity index (χ3v) is 6.13. The summed E-state index contributed by atoms with van der Waals surface area (Å²) >= 11 is 11.9. The van der Waals surface area contributed by atoms with E-state index in [4.69, 9.17) is 32.7 Å². The van der Waals surface area contributed by atoms with Crippen LogP contribution < -0.4 is 19.2 Å². The van der Waals surface area contributed by atoms with Gasteiger partial charge in [-0.05, 0) is 42.8 Å². The first kappa shape index (κ1) is 24.8. The summed E-state index contributed by atoms with van der Waals surface area (Å²) < 4.78 is 35.9. The Hall–Kier alpha value is -2.49. The summed E-state index contributed by atoms with van der Waals surface area (Å²) in [7, 11) is -0.705. The summed E-state index contributed by atoms with van der Waals surface area (Å²) in [5, 5.41) is 4.60. The van der Waals surface area contributed by atoms with Gasteiger partial charge >= 0.3 is 0 Å². The van der Waals surface area contributed by atoms with Gasteiger partial charge in [-0.1, -0.05) is 30.1 Å². The number of carbonyl (C=O) groups excluding carboxylic acids is 1. The van der Waals surface area contributed by atoms with Crippen LogP contribution in [-0.4, -0.2) is 47.1 Å². The molecule has 168 valence electrons. The van der Waals surface area contributed by atoms with Crippen LogP contribution in [-0.2, 0) is 14.8 Å². The van der Waals surface area contributed by atoms with Crippen molar-refractivity contribution in [3.8, 4) is 11.5 Å². The van der Waals surface area contributed by atoms with Crippen LogP contribution >= 0.6 is 23.2 Å². The van der Waals surface area contributed by atoms with Gasteiger partial charge in [0, 0.05) is 5.56 Å². The van der Waals surface area contributed by atoms with E-state index in [2.05, 4.69) is 10.5 Å². The molecule has 0 atom stereocenters. The highest BCUT2D eigenvalue weighted by Crippen LogP contribution is 2.29. The molecule has 0 saturated heterocycles. The molecule has 11 heteroatoms. The van der Waals surface area contributed by atoms with Crippen molar-refractivity contribution in [1.82, 2.24) is 5.43 Å². The van der Waals surface area contributed by atoms with Gasteiger partial charge in [-0.15, -0.1) is 0 Å². The Morgan fingerprint density at radius 3 is 2.29 bits per heavy atom. The number of methoxy groups -OCH3 is 2. The van der Waals surface area contributed by atoms with E-state index in [1.807, 2.05) is 6.92 Å². The van der Waals surface area contributed by atoms with E-state index in [1.165, 1.54) is 32.4 Å². The second kappa shape index (κ2) is 10.7. The average Bonchev–Trinajstić information content (AvgIpc) is 2.73. The number of nitrogens with zero attached hydrogens (tertiary/aromatic N) is 2. The van der Waals surface area contributed by atoms with Gasteiger partial charge in [-0.3, -0.25) is 9.10 Å². The SMILES string of the molecule is CC/C(=N/NC(=O)CN(c1ccc(Cl)c(Cl)c1)S(C)(=O)=O)c1ccc(OC)c(OC)c1. The van der Waals surface area contributed by atoms with Gasteiger partial charge < -0.3 is 9.47 Å². The van der Waals surface area contributed by atoms with Crippen LogP contribution in [0.1, 0.15) is 18.9 Å². The molecule has 2 aromatic carbocycles. The van der Waals surface area contributed by atoms with E-state index in [9.17, 15) is 13.2 Å². The zero-order valence-electron chi connectivity index (χ0n) is 17.5. The molecule has 0 aliphatic rings. The average molecular weight is 488 g/mol. The van der Waals surface area contributed by atoms with Crippen molar-refractivity contribution in [2.45, 2.75) is 13.3 Å². The molecule has 0 aliphatic carbocycles. The summed E-state index contributed by atoms with van der Waals surface area (Å²) in [6, 6.07) is 9.56. The highest BCUT2D eigenvalue weighted by molar-refractivity contribution is 7.92. The molecule has 2 rings (SSSR count). The van der Waals surface area contributed by atoms with E-state index in [0.29, 0.717) is 23.6 Å². The van der Waals surface area contributed by atoms with E-state index < -0.39 is 22.5 Å². The van der Waals surface area contributed by atoms with Crippen LogP contribution in [0.4, 0.5) is 5.69 Å². The van der Waals surface area contributed by atoms with Gasteiger partial charge in [0.25, 0.3) is 5.91 Å². The number of nitrogens with one attached hydrogen (secondary N) is 1. The predicted octanol–water partition coefficient (Wildman–Crippen LogP) is 3.71. The number of carbonyl (C=O) groups is 1. The predicted molar refractivity (Wildman–Crippen MR) is 123 cm³/mol. The van der Waals surface area contributed by atoms with Crippen LogP contribution in [0.5, 0.6) is 11.5 Å². The van der Waals surface area contributed by atoms with E-state index in [0.717, 1.165) is 16.1 Å². The number of ether oxygens (including phenoxy) is 2. The number of hydrogen-bond donors (Lipinski definition) is 1. The van der Waals surface area contributed by atoms with Gasteiger partial charge in [0.2, 0.25) is 10.0 Å². The van der Waals surface area contributed by atoms with Gasteiger partial charge in [-0.2, -0.15) is 5.10 Å². The zero-order valence-corrected chi connectivity index (χ0v) is 19.8. The molecule has 0 bridgehead atoms. The Kier molecular flexibility index (Phi) is 8.55. The van der Waals surface area contributed by atoms with Crippen LogP contribution in [0.3, 0.4) is 0 Å². The highest BCUT2D eigenvalue weighted by Gasteiger charge is 2.21. The lowest BCUT2D eigenvalue weighted by Crippen LogP contribution is -2.39. The molecule has 0 unspecified atom stereocenters. The Morgan fingerprint density at radius 2 is 1.74 bits per heavy atom. The number of hydrogen-bond acceptors (Lipinski definition) is 6. The van der Waals surface area contributed by atoms with Crippen molar-refractivity contribution in [3.63, 3.8) is 0 Å². The standard InChI is InChI=1S/C20H23Cl2N3O5S/c1-5-17(13-6-9-18(29-2)19(10-13)30-3)23-24-20(26)12-25(31(4,27)28)14-7-8-15(21)16(22)11-14/h6-11H,5,12H2,1-4H3,(H,24,26)/b23-17-. The number of sulfonamides is 1. The monoisotopic (exact) mass is 487 g/mol. The molecular weight excluding hydrogens is 465 g/mol. The lowest BCUT2D eigenvalue weighted by Gasteiger charge is -2.21. The second-order valence-corrected chi connectivity index (χ2v) is 9.11. The second-order valence-electron chi connectivity index (χ2n) is 6.38. The van der Waals surface area contributed by atoms with Crippen LogP contribution in [0.2, 0.25) is 10.0 Å². The highest BCUT2D eigenvalue weighted by atomic mass is 35.5. The van der Waals surface area contributed by atoms with Gasteiger partial charge in [-0.25, -0.2) is 13.8 Å². The molecule has 8 nitrogen and oxygen atoms in total. The summed E-state index contributed by atoms with van der Waals surface area (Å²) in [5.74, 6) is 0.467. The van der Waals surface area contributed by atoms with Crippen LogP contribution in [0, 0.1) is 0 Å². The molecule has 31 heavy (non-hydrogen) atoms. The molecule has 0 radical (unpaired) electrons. The molecule has 0 aliphatic heterocycles. The number of rotatable bonds is 9. The van der Waals surface area contributed by atoms with E-state index >= 15 is 0 Å². The molecule has 2 aromatic rings. The quantitative estimate of drug-likeness (QED) is 0.429. The van der Waals surface area contributed by atoms with Gasteiger partial charge in [0.1, 0.15) is 6.54 Å². The van der Waals surface area contributed by atoms with Gasteiger partial charge in [0.05, 0.1) is 41.9 Å². The molecule has 1 amide bonds. The van der Waals surface area contributed by atoms with E-state index in [1.54, 1.807) is 18.2 Å². The third-order valence-electron chi connectivity index (χ3n) is 4.25. The van der Waals surface area contributed by atoms with Crippen molar-refractivity contribution in [1.29, 1.82) is 0 Å². The lowest BCUT2D eigenvalue weighted by atomic mass is 10.1. The van der Waals surface area contributed by atoms with Crippen molar-refractivity contribution in [2.24, 2.45) is 5.10 Å². The Bertz CT molecular complexity index is 1090. The maximum absolute atomic E-state index is 12.5.